The third-order valence-corrected chi connectivity index (χ3v) is 4.85. The largest absolute Gasteiger partial charge is 0.497 e. The first-order chi connectivity index (χ1) is 16.8. The topological polar surface area (TPSA) is 118 Å². The van der Waals surface area contributed by atoms with E-state index in [-0.39, 0.29) is 12.5 Å². The molecule has 0 aliphatic heterocycles. The van der Waals surface area contributed by atoms with Gasteiger partial charge < -0.3 is 20.1 Å². The fourth-order valence-corrected chi connectivity index (χ4v) is 2.94. The molecule has 0 heterocycles. The number of rotatable bonds is 8. The molecule has 0 saturated heterocycles. The molecule has 0 atom stereocenters. The number of benzene rings is 3. The third kappa shape index (κ3) is 7.71. The zero-order valence-corrected chi connectivity index (χ0v) is 19.6. The molecule has 3 amide bonds. The number of hydrogen-bond acceptors (Lipinski definition) is 6. The predicted octanol–water partition coefficient (Wildman–Crippen LogP) is 3.42. The molecular weight excluding hydrogens is 448 g/mol. The van der Waals surface area contributed by atoms with Crippen molar-refractivity contribution in [2.75, 3.05) is 24.4 Å². The van der Waals surface area contributed by atoms with E-state index in [9.17, 15) is 14.4 Å². The summed E-state index contributed by atoms with van der Waals surface area (Å²) in [4.78, 5) is 36.1. The molecule has 180 valence electrons. The Hall–Kier alpha value is -4.66. The van der Waals surface area contributed by atoms with Crippen LogP contribution in [0.2, 0.25) is 0 Å². The van der Waals surface area contributed by atoms with E-state index >= 15 is 0 Å². The molecule has 3 N–H and O–H groups in total. The Balaban J connectivity index is 1.43. The van der Waals surface area contributed by atoms with Crippen LogP contribution in [0, 0.1) is 13.8 Å². The van der Waals surface area contributed by atoms with Gasteiger partial charge in [-0.25, -0.2) is 5.43 Å². The van der Waals surface area contributed by atoms with Gasteiger partial charge in [0.2, 0.25) is 0 Å². The number of amides is 3. The van der Waals surface area contributed by atoms with Gasteiger partial charge in [-0.3, -0.25) is 14.4 Å². The van der Waals surface area contributed by atoms with Crippen molar-refractivity contribution in [2.24, 2.45) is 5.10 Å². The maximum Gasteiger partial charge on any atom is 0.329 e. The van der Waals surface area contributed by atoms with Gasteiger partial charge in [0.25, 0.3) is 5.91 Å². The highest BCUT2D eigenvalue weighted by Crippen LogP contribution is 2.17. The Bertz CT molecular complexity index is 1220. The lowest BCUT2D eigenvalue weighted by molar-refractivity contribution is -0.136. The van der Waals surface area contributed by atoms with E-state index in [4.69, 9.17) is 9.47 Å². The minimum atomic E-state index is -0.884. The lowest BCUT2D eigenvalue weighted by atomic mass is 10.1. The van der Waals surface area contributed by atoms with E-state index in [1.165, 1.54) is 6.21 Å². The van der Waals surface area contributed by atoms with Crippen LogP contribution in [-0.2, 0) is 14.4 Å². The summed E-state index contributed by atoms with van der Waals surface area (Å²) in [5, 5.41) is 9.11. The molecule has 0 aliphatic rings. The van der Waals surface area contributed by atoms with Gasteiger partial charge in [0.15, 0.2) is 6.61 Å². The first kappa shape index (κ1) is 25.0. The summed E-state index contributed by atoms with van der Waals surface area (Å²) in [6.45, 7) is 3.57. The van der Waals surface area contributed by atoms with Crippen molar-refractivity contribution in [1.82, 2.24) is 5.43 Å². The van der Waals surface area contributed by atoms with Crippen molar-refractivity contribution in [3.8, 4) is 11.5 Å². The van der Waals surface area contributed by atoms with E-state index in [1.54, 1.807) is 61.7 Å². The van der Waals surface area contributed by atoms with Gasteiger partial charge >= 0.3 is 11.8 Å². The van der Waals surface area contributed by atoms with E-state index in [0.717, 1.165) is 11.1 Å². The van der Waals surface area contributed by atoms with Gasteiger partial charge in [0.05, 0.1) is 13.3 Å². The monoisotopic (exact) mass is 474 g/mol. The van der Waals surface area contributed by atoms with Crippen molar-refractivity contribution in [3.63, 3.8) is 0 Å². The molecule has 3 rings (SSSR count). The molecule has 0 unspecified atom stereocenters. The number of anilines is 2. The SMILES string of the molecule is COc1ccc(NC(=O)COc2ccc(/C=N/NC(=O)C(=O)Nc3cc(C)ccc3C)cc2)cc1. The molecule has 0 spiro atoms. The van der Waals surface area contributed by atoms with Crippen molar-refractivity contribution >= 4 is 35.3 Å². The van der Waals surface area contributed by atoms with Crippen LogP contribution in [-0.4, -0.2) is 37.7 Å². The quantitative estimate of drug-likeness (QED) is 0.263. The minimum Gasteiger partial charge on any atom is -0.497 e. The van der Waals surface area contributed by atoms with Crippen LogP contribution in [0.4, 0.5) is 11.4 Å². The molecule has 3 aromatic carbocycles. The van der Waals surface area contributed by atoms with Gasteiger partial charge in [0.1, 0.15) is 11.5 Å². The molecule has 0 bridgehead atoms. The lowest BCUT2D eigenvalue weighted by Gasteiger charge is -2.08. The molecule has 9 heteroatoms. The number of nitrogens with one attached hydrogen (secondary N) is 3. The molecule has 0 radical (unpaired) electrons. The van der Waals surface area contributed by atoms with Crippen LogP contribution in [0.1, 0.15) is 16.7 Å². The minimum absolute atomic E-state index is 0.162. The van der Waals surface area contributed by atoms with Crippen molar-refractivity contribution in [3.05, 3.63) is 83.4 Å². The van der Waals surface area contributed by atoms with E-state index in [1.807, 2.05) is 26.0 Å². The summed E-state index contributed by atoms with van der Waals surface area (Å²) in [7, 11) is 1.57. The maximum absolute atomic E-state index is 12.1. The fourth-order valence-electron chi connectivity index (χ4n) is 2.94. The summed E-state index contributed by atoms with van der Waals surface area (Å²) in [6.07, 6.45) is 1.39. The number of carbonyl (C=O) groups excluding carboxylic acids is 3. The number of hydrazone groups is 1. The van der Waals surface area contributed by atoms with Gasteiger partial charge in [-0.1, -0.05) is 12.1 Å². The van der Waals surface area contributed by atoms with Crippen molar-refractivity contribution < 1.29 is 23.9 Å². The molecule has 0 aliphatic carbocycles. The van der Waals surface area contributed by atoms with Gasteiger partial charge in [-0.2, -0.15) is 5.10 Å². The standard InChI is InChI=1S/C26H26N4O5/c1-17-4-5-18(2)23(14-17)29-25(32)26(33)30-27-15-19-6-10-22(11-7-19)35-16-24(31)28-20-8-12-21(34-3)13-9-20/h4-15H,16H2,1-3H3,(H,28,31)(H,29,32)(H,30,33)/b27-15+. The van der Waals surface area contributed by atoms with E-state index < -0.39 is 11.8 Å². The average Bonchev–Trinajstić information content (AvgIpc) is 2.86. The summed E-state index contributed by atoms with van der Waals surface area (Å²) < 4.78 is 10.6. The highest BCUT2D eigenvalue weighted by molar-refractivity contribution is 6.39. The number of carbonyl (C=O) groups is 3. The Kier molecular flexibility index (Phi) is 8.55. The summed E-state index contributed by atoms with van der Waals surface area (Å²) >= 11 is 0. The number of ether oxygens (including phenoxy) is 2. The molecule has 0 fully saturated rings. The van der Waals surface area contributed by atoms with E-state index in [0.29, 0.717) is 28.4 Å². The first-order valence-corrected chi connectivity index (χ1v) is 10.7. The van der Waals surface area contributed by atoms with Crippen LogP contribution in [0.3, 0.4) is 0 Å². The van der Waals surface area contributed by atoms with Crippen LogP contribution in [0.15, 0.2) is 71.8 Å². The Morgan fingerprint density at radius 2 is 1.54 bits per heavy atom. The zero-order valence-electron chi connectivity index (χ0n) is 19.6. The second kappa shape index (κ2) is 12.0. The molecule has 9 nitrogen and oxygen atoms in total. The smallest absolute Gasteiger partial charge is 0.329 e. The van der Waals surface area contributed by atoms with Crippen molar-refractivity contribution in [1.29, 1.82) is 0 Å². The number of hydrogen-bond donors (Lipinski definition) is 3. The molecule has 3 aromatic rings. The van der Waals surface area contributed by atoms with Gasteiger partial charge in [-0.15, -0.1) is 0 Å². The summed E-state index contributed by atoms with van der Waals surface area (Å²) in [5.41, 5.74) is 5.88. The summed E-state index contributed by atoms with van der Waals surface area (Å²) in [5.74, 6) is -0.813. The Morgan fingerprint density at radius 1 is 0.857 bits per heavy atom. The second-order valence-electron chi connectivity index (χ2n) is 7.61. The maximum atomic E-state index is 12.1. The molecule has 0 aromatic heterocycles. The third-order valence-electron chi connectivity index (χ3n) is 4.85. The van der Waals surface area contributed by atoms with Crippen LogP contribution < -0.4 is 25.5 Å². The molecule has 0 saturated carbocycles. The zero-order chi connectivity index (χ0) is 25.2. The fraction of sp³-hybridized carbons (Fsp3) is 0.154. The normalized spacial score (nSPS) is 10.5. The second-order valence-corrected chi connectivity index (χ2v) is 7.61. The van der Waals surface area contributed by atoms with Gasteiger partial charge in [0, 0.05) is 11.4 Å². The molecular formula is C26H26N4O5. The van der Waals surface area contributed by atoms with Crippen LogP contribution in [0.25, 0.3) is 0 Å². The average molecular weight is 475 g/mol. The number of aryl methyl sites for hydroxylation is 2. The number of methoxy groups -OCH3 is 1. The lowest BCUT2D eigenvalue weighted by Crippen LogP contribution is -2.32. The van der Waals surface area contributed by atoms with Crippen LogP contribution >= 0.6 is 0 Å². The van der Waals surface area contributed by atoms with Crippen molar-refractivity contribution in [2.45, 2.75) is 13.8 Å². The Labute approximate surface area is 203 Å². The highest BCUT2D eigenvalue weighted by atomic mass is 16.5. The highest BCUT2D eigenvalue weighted by Gasteiger charge is 2.14. The summed E-state index contributed by atoms with van der Waals surface area (Å²) in [6, 6.07) is 19.3. The first-order valence-electron chi connectivity index (χ1n) is 10.7. The van der Waals surface area contributed by atoms with Crippen LogP contribution in [0.5, 0.6) is 11.5 Å². The van der Waals surface area contributed by atoms with Gasteiger partial charge in [-0.05, 0) is 85.1 Å². The molecule has 35 heavy (non-hydrogen) atoms. The predicted molar refractivity (Wildman–Crippen MR) is 134 cm³/mol. The number of nitrogens with zero attached hydrogens (tertiary/aromatic N) is 1. The van der Waals surface area contributed by atoms with E-state index in [2.05, 4.69) is 21.2 Å². The Morgan fingerprint density at radius 3 is 2.23 bits per heavy atom.